The van der Waals surface area contributed by atoms with Crippen LogP contribution in [0.1, 0.15) is 48.0 Å². The minimum absolute atomic E-state index is 0.144. The predicted molar refractivity (Wildman–Crippen MR) is 89.0 cm³/mol. The molecule has 21 heavy (non-hydrogen) atoms. The van der Waals surface area contributed by atoms with E-state index in [1.165, 1.54) is 41.9 Å². The molecule has 1 saturated heterocycles. The molecular formula is C18H21NOS. The summed E-state index contributed by atoms with van der Waals surface area (Å²) >= 11 is 1.57. The topological polar surface area (TPSA) is 20.3 Å². The minimum atomic E-state index is 0.144. The van der Waals surface area contributed by atoms with E-state index in [2.05, 4.69) is 36.1 Å². The molecule has 2 heterocycles. The first-order chi connectivity index (χ1) is 10.1. The molecule has 2 nitrogen and oxygen atoms in total. The number of carbonyl (C=O) groups excluding carboxylic acids is 1. The lowest BCUT2D eigenvalue weighted by atomic mass is 10.0. The molecule has 1 aliphatic rings. The van der Waals surface area contributed by atoms with Gasteiger partial charge < -0.3 is 0 Å². The van der Waals surface area contributed by atoms with Crippen molar-refractivity contribution in [3.8, 4) is 10.4 Å². The second-order valence-corrected chi connectivity index (χ2v) is 6.84. The molecule has 0 bridgehead atoms. The number of carbonyl (C=O) groups is 1. The van der Waals surface area contributed by atoms with Gasteiger partial charge in [0.2, 0.25) is 0 Å². The van der Waals surface area contributed by atoms with Crippen molar-refractivity contribution >= 4 is 17.1 Å². The molecule has 0 amide bonds. The fourth-order valence-electron chi connectivity index (χ4n) is 2.95. The molecule has 0 aliphatic carbocycles. The van der Waals surface area contributed by atoms with Crippen LogP contribution in [-0.2, 0) is 0 Å². The molecule has 0 spiro atoms. The number of nitrogens with zero attached hydrogens (tertiary/aromatic N) is 1. The Morgan fingerprint density at radius 1 is 1.10 bits per heavy atom. The zero-order valence-electron chi connectivity index (χ0n) is 12.6. The van der Waals surface area contributed by atoms with E-state index < -0.39 is 0 Å². The summed E-state index contributed by atoms with van der Waals surface area (Å²) < 4.78 is 0. The Morgan fingerprint density at radius 2 is 1.76 bits per heavy atom. The maximum Gasteiger partial charge on any atom is 0.169 e. The molecule has 1 aromatic heterocycles. The Kier molecular flexibility index (Phi) is 4.22. The maximum atomic E-state index is 11.4. The Labute approximate surface area is 130 Å². The summed E-state index contributed by atoms with van der Waals surface area (Å²) in [6.07, 6.45) is 2.65. The zero-order valence-corrected chi connectivity index (χ0v) is 13.5. The lowest BCUT2D eigenvalue weighted by Crippen LogP contribution is -2.23. The second-order valence-electron chi connectivity index (χ2n) is 5.76. The number of benzene rings is 1. The van der Waals surface area contributed by atoms with E-state index >= 15 is 0 Å². The fourth-order valence-corrected chi connectivity index (χ4v) is 3.85. The predicted octanol–water partition coefficient (Wildman–Crippen LogP) is 4.77. The summed E-state index contributed by atoms with van der Waals surface area (Å²) in [5.41, 5.74) is 2.58. The molecule has 1 aromatic carbocycles. The van der Waals surface area contributed by atoms with Crippen LogP contribution in [0.5, 0.6) is 0 Å². The number of hydrogen-bond acceptors (Lipinski definition) is 3. The van der Waals surface area contributed by atoms with Gasteiger partial charge in [-0.2, -0.15) is 0 Å². The maximum absolute atomic E-state index is 11.4. The number of Topliss-reactive ketones (excluding diaryl/α,β-unsaturated/α-hetero) is 1. The molecule has 1 atom stereocenters. The molecule has 3 heteroatoms. The van der Waals surface area contributed by atoms with Gasteiger partial charge in [0.25, 0.3) is 0 Å². The quantitative estimate of drug-likeness (QED) is 0.758. The SMILES string of the molecule is CC(=O)c1ccc(-c2ccc(C(C)N3CCCC3)cc2)s1. The Balaban J connectivity index is 1.78. The highest BCUT2D eigenvalue weighted by atomic mass is 32.1. The van der Waals surface area contributed by atoms with Gasteiger partial charge in [0.05, 0.1) is 4.88 Å². The highest BCUT2D eigenvalue weighted by molar-refractivity contribution is 7.17. The average molecular weight is 299 g/mol. The van der Waals surface area contributed by atoms with E-state index in [0.717, 1.165) is 4.88 Å². The normalized spacial score (nSPS) is 17.0. The molecule has 2 aromatic rings. The fraction of sp³-hybridized carbons (Fsp3) is 0.389. The van der Waals surface area contributed by atoms with E-state index in [0.29, 0.717) is 6.04 Å². The van der Waals surface area contributed by atoms with Crippen LogP contribution in [0.15, 0.2) is 36.4 Å². The highest BCUT2D eigenvalue weighted by Crippen LogP contribution is 2.31. The van der Waals surface area contributed by atoms with E-state index in [1.807, 2.05) is 12.1 Å². The highest BCUT2D eigenvalue weighted by Gasteiger charge is 2.19. The van der Waals surface area contributed by atoms with Gasteiger partial charge in [0.1, 0.15) is 0 Å². The summed E-state index contributed by atoms with van der Waals surface area (Å²) in [5.74, 6) is 0.144. The van der Waals surface area contributed by atoms with Gasteiger partial charge in [-0.05, 0) is 63.0 Å². The van der Waals surface area contributed by atoms with Gasteiger partial charge in [-0.1, -0.05) is 24.3 Å². The van der Waals surface area contributed by atoms with Crippen molar-refractivity contribution in [2.24, 2.45) is 0 Å². The van der Waals surface area contributed by atoms with Crippen LogP contribution in [0.2, 0.25) is 0 Å². The Bertz CT molecular complexity index is 623. The van der Waals surface area contributed by atoms with E-state index in [-0.39, 0.29) is 5.78 Å². The van der Waals surface area contributed by atoms with Crippen molar-refractivity contribution in [1.29, 1.82) is 0 Å². The molecule has 110 valence electrons. The summed E-state index contributed by atoms with van der Waals surface area (Å²) in [5, 5.41) is 0. The first-order valence-electron chi connectivity index (χ1n) is 7.60. The van der Waals surface area contributed by atoms with Crippen molar-refractivity contribution in [1.82, 2.24) is 4.90 Å². The molecule has 0 radical (unpaired) electrons. The molecule has 1 fully saturated rings. The number of ketones is 1. The monoisotopic (exact) mass is 299 g/mol. The van der Waals surface area contributed by atoms with Crippen LogP contribution in [0.25, 0.3) is 10.4 Å². The van der Waals surface area contributed by atoms with Crippen molar-refractivity contribution < 1.29 is 4.79 Å². The van der Waals surface area contributed by atoms with Crippen molar-refractivity contribution in [2.45, 2.75) is 32.7 Å². The van der Waals surface area contributed by atoms with Gasteiger partial charge >= 0.3 is 0 Å². The van der Waals surface area contributed by atoms with Gasteiger partial charge in [0.15, 0.2) is 5.78 Å². The first kappa shape index (κ1) is 14.5. The van der Waals surface area contributed by atoms with Crippen LogP contribution in [0.4, 0.5) is 0 Å². The summed E-state index contributed by atoms with van der Waals surface area (Å²) in [7, 11) is 0. The Morgan fingerprint density at radius 3 is 2.33 bits per heavy atom. The summed E-state index contributed by atoms with van der Waals surface area (Å²) in [6, 6.07) is 13.3. The van der Waals surface area contributed by atoms with E-state index in [9.17, 15) is 4.79 Å². The Hall–Kier alpha value is -1.45. The molecule has 1 unspecified atom stereocenters. The van der Waals surface area contributed by atoms with Crippen LogP contribution >= 0.6 is 11.3 Å². The molecule has 0 saturated carbocycles. The smallest absolute Gasteiger partial charge is 0.169 e. The largest absolute Gasteiger partial charge is 0.297 e. The van der Waals surface area contributed by atoms with Crippen LogP contribution in [0, 0.1) is 0 Å². The average Bonchev–Trinajstić information content (AvgIpc) is 3.18. The van der Waals surface area contributed by atoms with Gasteiger partial charge in [-0.15, -0.1) is 11.3 Å². The molecule has 1 aliphatic heterocycles. The third-order valence-corrected chi connectivity index (χ3v) is 5.55. The van der Waals surface area contributed by atoms with Crippen LogP contribution in [-0.4, -0.2) is 23.8 Å². The molecule has 3 rings (SSSR count). The zero-order chi connectivity index (χ0) is 14.8. The van der Waals surface area contributed by atoms with Crippen LogP contribution < -0.4 is 0 Å². The van der Waals surface area contributed by atoms with Crippen molar-refractivity contribution in [2.75, 3.05) is 13.1 Å². The first-order valence-corrected chi connectivity index (χ1v) is 8.42. The number of hydrogen-bond donors (Lipinski definition) is 0. The minimum Gasteiger partial charge on any atom is -0.297 e. The summed E-state index contributed by atoms with van der Waals surface area (Å²) in [4.78, 5) is 15.9. The van der Waals surface area contributed by atoms with Crippen molar-refractivity contribution in [3.05, 3.63) is 46.8 Å². The number of rotatable bonds is 4. The molecule has 0 N–H and O–H groups in total. The number of thiophene rings is 1. The van der Waals surface area contributed by atoms with Gasteiger partial charge in [-0.3, -0.25) is 9.69 Å². The summed E-state index contributed by atoms with van der Waals surface area (Å²) in [6.45, 7) is 6.35. The number of likely N-dealkylation sites (tertiary alicyclic amines) is 1. The second kappa shape index (κ2) is 6.12. The van der Waals surface area contributed by atoms with Crippen molar-refractivity contribution in [3.63, 3.8) is 0 Å². The van der Waals surface area contributed by atoms with E-state index in [4.69, 9.17) is 0 Å². The van der Waals surface area contributed by atoms with Gasteiger partial charge in [-0.25, -0.2) is 0 Å². The third-order valence-electron chi connectivity index (χ3n) is 4.32. The van der Waals surface area contributed by atoms with Gasteiger partial charge in [0, 0.05) is 10.9 Å². The lowest BCUT2D eigenvalue weighted by molar-refractivity contribution is 0.102. The van der Waals surface area contributed by atoms with Crippen LogP contribution in [0.3, 0.4) is 0 Å². The molecular weight excluding hydrogens is 278 g/mol. The van der Waals surface area contributed by atoms with E-state index in [1.54, 1.807) is 18.3 Å². The standard InChI is InChI=1S/C18H21NOS/c1-13(19-11-3-4-12-19)15-5-7-16(8-6-15)18-10-9-17(21-18)14(2)20/h5-10,13H,3-4,11-12H2,1-2H3. The third kappa shape index (κ3) is 3.09. The lowest BCUT2D eigenvalue weighted by Gasteiger charge is -2.24.